The Morgan fingerprint density at radius 2 is 2.14 bits per heavy atom. The number of H-pyrrole nitrogens is 1. The molecule has 0 atom stereocenters. The second-order valence-electron chi connectivity index (χ2n) is 5.21. The normalized spacial score (nSPS) is 14.9. The van der Waals surface area contributed by atoms with E-state index in [2.05, 4.69) is 15.4 Å². The Morgan fingerprint density at radius 1 is 1.33 bits per heavy atom. The van der Waals surface area contributed by atoms with E-state index in [1.54, 1.807) is 16.4 Å². The topological polar surface area (TPSA) is 97.0 Å². The van der Waals surface area contributed by atoms with E-state index in [1.165, 1.54) is 0 Å². The fourth-order valence-corrected chi connectivity index (χ4v) is 2.61. The average molecular weight is 291 g/mol. The largest absolute Gasteiger partial charge is 0.361 e. The number of nitrogens with one attached hydrogen (secondary N) is 1. The smallest absolute Gasteiger partial charge is 0.343 e. The molecule has 0 bridgehead atoms. The number of carbonyl (C=O) groups is 1. The number of hydrogen-bond donors (Lipinski definition) is 1. The van der Waals surface area contributed by atoms with Gasteiger partial charge in [0.1, 0.15) is 11.6 Å². The molecule has 0 saturated carbocycles. The fourth-order valence-electron chi connectivity index (χ4n) is 2.61. The summed E-state index contributed by atoms with van der Waals surface area (Å²) in [7, 11) is 0. The van der Waals surface area contributed by atoms with E-state index in [1.807, 2.05) is 6.92 Å². The molecule has 3 rings (SSSR count). The van der Waals surface area contributed by atoms with Gasteiger partial charge >= 0.3 is 5.69 Å². The van der Waals surface area contributed by atoms with Crippen LogP contribution in [0.3, 0.4) is 0 Å². The van der Waals surface area contributed by atoms with Gasteiger partial charge < -0.3 is 9.42 Å². The first kappa shape index (κ1) is 13.6. The minimum Gasteiger partial charge on any atom is -0.361 e. The Labute approximate surface area is 120 Å². The maximum Gasteiger partial charge on any atom is 0.343 e. The molecule has 0 aliphatic carbocycles. The van der Waals surface area contributed by atoms with Crippen LogP contribution in [0, 0.1) is 13.8 Å². The molecule has 2 aromatic rings. The van der Waals surface area contributed by atoms with Gasteiger partial charge in [0.25, 0.3) is 0 Å². The first-order valence-corrected chi connectivity index (χ1v) is 6.90. The summed E-state index contributed by atoms with van der Waals surface area (Å²) in [6.45, 7) is 5.18. The molecule has 0 saturated heterocycles. The molecule has 8 nitrogen and oxygen atoms in total. The van der Waals surface area contributed by atoms with E-state index in [0.717, 1.165) is 11.3 Å². The zero-order chi connectivity index (χ0) is 15.0. The predicted octanol–water partition coefficient (Wildman–Crippen LogP) is -0.196. The minimum atomic E-state index is -0.218. The second-order valence-corrected chi connectivity index (χ2v) is 5.21. The SMILES string of the molecule is Cc1noc(C)c1CC(=O)N1CCc2n[nH]c(=O)n2CC1. The Morgan fingerprint density at radius 3 is 2.86 bits per heavy atom. The summed E-state index contributed by atoms with van der Waals surface area (Å²) in [5.41, 5.74) is 1.38. The molecule has 8 heteroatoms. The van der Waals surface area contributed by atoms with Gasteiger partial charge in [0.15, 0.2) is 0 Å². The van der Waals surface area contributed by atoms with Gasteiger partial charge in [-0.2, -0.15) is 5.10 Å². The lowest BCUT2D eigenvalue weighted by atomic mass is 10.1. The number of fused-ring (bicyclic) bond motifs is 1. The number of aryl methyl sites for hydroxylation is 2. The van der Waals surface area contributed by atoms with Crippen molar-refractivity contribution in [2.24, 2.45) is 0 Å². The van der Waals surface area contributed by atoms with Crippen LogP contribution in [0.1, 0.15) is 22.8 Å². The van der Waals surface area contributed by atoms with Crippen molar-refractivity contribution in [3.05, 3.63) is 33.3 Å². The molecule has 0 fully saturated rings. The lowest BCUT2D eigenvalue weighted by Gasteiger charge is -2.19. The Bertz CT molecular complexity index is 707. The van der Waals surface area contributed by atoms with E-state index in [-0.39, 0.29) is 18.0 Å². The molecule has 0 aromatic carbocycles. The van der Waals surface area contributed by atoms with Crippen LogP contribution in [-0.4, -0.2) is 43.8 Å². The summed E-state index contributed by atoms with van der Waals surface area (Å²) in [6.07, 6.45) is 0.853. The van der Waals surface area contributed by atoms with Crippen molar-refractivity contribution in [2.45, 2.75) is 33.2 Å². The molecule has 1 N–H and O–H groups in total. The molecule has 0 unspecified atom stereocenters. The number of aromatic amines is 1. The van der Waals surface area contributed by atoms with Gasteiger partial charge in [-0.25, -0.2) is 9.89 Å². The van der Waals surface area contributed by atoms with Gasteiger partial charge in [0.2, 0.25) is 5.91 Å². The Balaban J connectivity index is 1.71. The molecule has 1 aliphatic heterocycles. The highest BCUT2D eigenvalue weighted by Gasteiger charge is 2.22. The number of amides is 1. The summed E-state index contributed by atoms with van der Waals surface area (Å²) in [6, 6.07) is 0. The van der Waals surface area contributed by atoms with E-state index in [4.69, 9.17) is 4.52 Å². The lowest BCUT2D eigenvalue weighted by Crippen LogP contribution is -2.35. The van der Waals surface area contributed by atoms with Gasteiger partial charge in [-0.1, -0.05) is 5.16 Å². The van der Waals surface area contributed by atoms with Gasteiger partial charge in [0.05, 0.1) is 12.1 Å². The van der Waals surface area contributed by atoms with Crippen molar-refractivity contribution < 1.29 is 9.32 Å². The maximum atomic E-state index is 12.4. The highest BCUT2D eigenvalue weighted by molar-refractivity contribution is 5.79. The van der Waals surface area contributed by atoms with Crippen LogP contribution >= 0.6 is 0 Å². The second kappa shape index (κ2) is 5.19. The van der Waals surface area contributed by atoms with E-state index >= 15 is 0 Å². The van der Waals surface area contributed by atoms with Crippen molar-refractivity contribution in [2.75, 3.05) is 13.1 Å². The van der Waals surface area contributed by atoms with Gasteiger partial charge in [0, 0.05) is 31.6 Å². The number of carbonyl (C=O) groups excluding carboxylic acids is 1. The molecule has 1 aliphatic rings. The van der Waals surface area contributed by atoms with Crippen LogP contribution in [0.15, 0.2) is 9.32 Å². The maximum absolute atomic E-state index is 12.4. The van der Waals surface area contributed by atoms with Crippen molar-refractivity contribution >= 4 is 5.91 Å². The van der Waals surface area contributed by atoms with Crippen molar-refractivity contribution in [3.8, 4) is 0 Å². The Hall–Kier alpha value is -2.38. The number of rotatable bonds is 2. The standard InChI is InChI=1S/C13H17N5O3/c1-8-10(9(2)21-16-8)7-12(19)17-4-3-11-14-15-13(20)18(11)6-5-17/h3-7H2,1-2H3,(H,15,20). The molecule has 0 spiro atoms. The van der Waals surface area contributed by atoms with Crippen molar-refractivity contribution in [1.29, 1.82) is 0 Å². The third kappa shape index (κ3) is 2.48. The molecule has 3 heterocycles. The fraction of sp³-hybridized carbons (Fsp3) is 0.538. The van der Waals surface area contributed by atoms with E-state index in [9.17, 15) is 9.59 Å². The van der Waals surface area contributed by atoms with Crippen molar-refractivity contribution in [3.63, 3.8) is 0 Å². The first-order valence-electron chi connectivity index (χ1n) is 6.90. The van der Waals surface area contributed by atoms with Crippen LogP contribution in [0.5, 0.6) is 0 Å². The first-order chi connectivity index (χ1) is 10.1. The molecule has 2 aromatic heterocycles. The molecule has 0 radical (unpaired) electrons. The summed E-state index contributed by atoms with van der Waals surface area (Å²) in [5.74, 6) is 1.40. The zero-order valence-electron chi connectivity index (χ0n) is 12.0. The minimum absolute atomic E-state index is 0.0200. The van der Waals surface area contributed by atoms with Crippen LogP contribution in [-0.2, 0) is 24.2 Å². The van der Waals surface area contributed by atoms with Crippen LogP contribution in [0.2, 0.25) is 0 Å². The quantitative estimate of drug-likeness (QED) is 0.826. The molecule has 21 heavy (non-hydrogen) atoms. The summed E-state index contributed by atoms with van der Waals surface area (Å²) < 4.78 is 6.67. The summed E-state index contributed by atoms with van der Waals surface area (Å²) >= 11 is 0. The molecular formula is C13H17N5O3. The van der Waals surface area contributed by atoms with Gasteiger partial charge in [-0.05, 0) is 13.8 Å². The number of hydrogen-bond acceptors (Lipinski definition) is 5. The van der Waals surface area contributed by atoms with E-state index in [0.29, 0.717) is 37.6 Å². The zero-order valence-corrected chi connectivity index (χ0v) is 12.0. The van der Waals surface area contributed by atoms with Gasteiger partial charge in [-0.3, -0.25) is 9.36 Å². The molecular weight excluding hydrogens is 274 g/mol. The molecule has 112 valence electrons. The lowest BCUT2D eigenvalue weighted by molar-refractivity contribution is -0.130. The highest BCUT2D eigenvalue weighted by atomic mass is 16.5. The third-order valence-electron chi connectivity index (χ3n) is 3.90. The average Bonchev–Trinajstić information content (AvgIpc) is 2.87. The monoisotopic (exact) mass is 291 g/mol. The number of nitrogens with zero attached hydrogens (tertiary/aromatic N) is 4. The summed E-state index contributed by atoms with van der Waals surface area (Å²) in [4.78, 5) is 25.7. The Kier molecular flexibility index (Phi) is 3.36. The highest BCUT2D eigenvalue weighted by Crippen LogP contribution is 2.15. The van der Waals surface area contributed by atoms with Crippen molar-refractivity contribution in [1.82, 2.24) is 24.8 Å². The van der Waals surface area contributed by atoms with Crippen LogP contribution in [0.25, 0.3) is 0 Å². The summed E-state index contributed by atoms with van der Waals surface area (Å²) in [5, 5.41) is 10.3. The third-order valence-corrected chi connectivity index (χ3v) is 3.90. The van der Waals surface area contributed by atoms with E-state index < -0.39 is 0 Å². The van der Waals surface area contributed by atoms with Gasteiger partial charge in [-0.15, -0.1) is 0 Å². The predicted molar refractivity (Wildman–Crippen MR) is 72.8 cm³/mol. The van der Waals surface area contributed by atoms with Crippen LogP contribution in [0.4, 0.5) is 0 Å². The number of aromatic nitrogens is 4. The van der Waals surface area contributed by atoms with Crippen LogP contribution < -0.4 is 5.69 Å². The molecule has 1 amide bonds.